The Hall–Kier alpha value is -1.79. The monoisotopic (exact) mass is 458 g/mol. The number of fused-ring (bicyclic) bond motifs is 1. The predicted octanol–water partition coefficient (Wildman–Crippen LogP) is -4.57. The van der Waals surface area contributed by atoms with Crippen LogP contribution in [0.3, 0.4) is 0 Å². The molecule has 12 heteroatoms. The Morgan fingerprint density at radius 1 is 1.35 bits per heavy atom. The van der Waals surface area contributed by atoms with E-state index < -0.39 is 37.9 Å². The fourth-order valence-electron chi connectivity index (χ4n) is 3.72. The van der Waals surface area contributed by atoms with Crippen molar-refractivity contribution in [2.75, 3.05) is 13.1 Å². The van der Waals surface area contributed by atoms with Gasteiger partial charge in [0.15, 0.2) is 15.2 Å². The minimum absolute atomic E-state index is 0. The number of nitrogens with two attached hydrogens (primary N) is 1. The molecule has 2 aliphatic rings. The number of carbonyl (C=O) groups is 3. The van der Waals surface area contributed by atoms with Gasteiger partial charge < -0.3 is 25.9 Å². The quantitative estimate of drug-likeness (QED) is 0.179. The van der Waals surface area contributed by atoms with Crippen molar-refractivity contribution in [1.82, 2.24) is 15.2 Å². The summed E-state index contributed by atoms with van der Waals surface area (Å²) in [6, 6.07) is 1.36. The van der Waals surface area contributed by atoms with Gasteiger partial charge in [-0.1, -0.05) is 0 Å². The van der Waals surface area contributed by atoms with Gasteiger partial charge in [0, 0.05) is 18.3 Å². The number of carboxylic acid groups (broad SMARTS) is 1. The molecule has 0 unspecified atom stereocenters. The van der Waals surface area contributed by atoms with Crippen LogP contribution in [0.4, 0.5) is 0 Å². The number of unbranched alkanes of at least 4 members (excludes halogenated alkanes) is 1. The minimum atomic E-state index is -4.01. The summed E-state index contributed by atoms with van der Waals surface area (Å²) in [4.78, 5) is 41.2. The molecule has 2 amide bonds. The first kappa shape index (κ1) is 25.5. The average Bonchev–Trinajstić information content (AvgIpc) is 2.83. The van der Waals surface area contributed by atoms with Crippen LogP contribution in [0.5, 0.6) is 0 Å². The second-order valence-electron chi connectivity index (χ2n) is 7.76. The average molecular weight is 458 g/mol. The molecule has 1 aromatic rings. The molecular formula is C19H23N4NaO6S. The zero-order valence-corrected chi connectivity index (χ0v) is 20.4. The molecule has 1 aromatic heterocycles. The van der Waals surface area contributed by atoms with Crippen molar-refractivity contribution in [1.29, 1.82) is 0 Å². The number of nitrogens with one attached hydrogen (secondary N) is 1. The van der Waals surface area contributed by atoms with Crippen LogP contribution in [0.2, 0.25) is 0 Å². The molecule has 2 saturated heterocycles. The van der Waals surface area contributed by atoms with Crippen LogP contribution in [0.15, 0.2) is 23.9 Å². The Kier molecular flexibility index (Phi) is 7.70. The Bertz CT molecular complexity index is 1040. The molecule has 0 aliphatic carbocycles. The van der Waals surface area contributed by atoms with Crippen molar-refractivity contribution in [2.24, 2.45) is 5.73 Å². The van der Waals surface area contributed by atoms with E-state index in [2.05, 4.69) is 10.3 Å². The molecule has 2 fully saturated rings. The molecular weight excluding hydrogens is 435 g/mol. The summed E-state index contributed by atoms with van der Waals surface area (Å²) in [5.74, 6) is -2.66. The van der Waals surface area contributed by atoms with Gasteiger partial charge in [-0.05, 0) is 51.4 Å². The number of aliphatic carboxylic acids is 1. The molecule has 2 aliphatic heterocycles. The van der Waals surface area contributed by atoms with Crippen molar-refractivity contribution in [3.63, 3.8) is 0 Å². The van der Waals surface area contributed by atoms with Gasteiger partial charge in [0.2, 0.25) is 0 Å². The van der Waals surface area contributed by atoms with Crippen LogP contribution in [0, 0.1) is 0 Å². The summed E-state index contributed by atoms with van der Waals surface area (Å²) in [7, 11) is -4.01. The third kappa shape index (κ3) is 4.29. The Labute approximate surface area is 202 Å². The van der Waals surface area contributed by atoms with E-state index in [0.717, 1.165) is 17.7 Å². The molecule has 31 heavy (non-hydrogen) atoms. The zero-order chi connectivity index (χ0) is 22.3. The maximum Gasteiger partial charge on any atom is 1.00 e. The number of pyridine rings is 1. The molecule has 0 radical (unpaired) electrons. The molecule has 0 bridgehead atoms. The molecule has 0 aromatic carbocycles. The molecule has 10 nitrogen and oxygen atoms in total. The number of aromatic nitrogens is 1. The Morgan fingerprint density at radius 2 is 2.03 bits per heavy atom. The first-order valence-electron chi connectivity index (χ1n) is 9.47. The summed E-state index contributed by atoms with van der Waals surface area (Å²) in [6.45, 7) is 3.52. The van der Waals surface area contributed by atoms with Crippen molar-refractivity contribution in [3.8, 4) is 0 Å². The number of hydrogen-bond acceptors (Lipinski definition) is 8. The first-order chi connectivity index (χ1) is 14.0. The second-order valence-corrected chi connectivity index (χ2v) is 10.3. The zero-order valence-electron chi connectivity index (χ0n) is 17.6. The van der Waals surface area contributed by atoms with Crippen LogP contribution in [-0.4, -0.2) is 65.3 Å². The van der Waals surface area contributed by atoms with E-state index in [1.807, 2.05) is 0 Å². The summed E-state index contributed by atoms with van der Waals surface area (Å²) in [5.41, 5.74) is 5.85. The fourth-order valence-corrected chi connectivity index (χ4v) is 5.84. The van der Waals surface area contributed by atoms with Gasteiger partial charge in [0.05, 0.1) is 28.0 Å². The van der Waals surface area contributed by atoms with Gasteiger partial charge in [-0.25, -0.2) is 8.42 Å². The smallest absolute Gasteiger partial charge is 0.548 e. The maximum absolute atomic E-state index is 12.9. The summed E-state index contributed by atoms with van der Waals surface area (Å²) in [5, 5.41) is 12.9. The number of rotatable bonds is 7. The fraction of sp³-hybridized carbons (Fsp3) is 0.474. The molecule has 3 N–H and O–H groups in total. The number of hydrogen-bond donors (Lipinski definition) is 2. The van der Waals surface area contributed by atoms with E-state index in [0.29, 0.717) is 18.7 Å². The van der Waals surface area contributed by atoms with Gasteiger partial charge in [-0.15, -0.1) is 0 Å². The van der Waals surface area contributed by atoms with E-state index in [-0.39, 0.29) is 46.7 Å². The van der Waals surface area contributed by atoms with Crippen LogP contribution in [-0.2, 0) is 19.4 Å². The first-order valence-corrected chi connectivity index (χ1v) is 11.0. The van der Waals surface area contributed by atoms with E-state index in [1.54, 1.807) is 0 Å². The van der Waals surface area contributed by atoms with Gasteiger partial charge in [0.25, 0.3) is 11.8 Å². The standard InChI is InChI=1S/C19H24N4O6S.Na/c1-19(2)14(18(26)27)23-16(25)13(17(23)30(19,28)29)10-12-9-11(5-8-21-12)15(24)22-7-4-3-6-20;/h5,8-10,14,17H,3-4,6-7,20H2,1-2H3,(H,22,24)(H,26,27);/q;+1/p-1/b13-10-;/t14-,17+;/m0./s1. The number of sulfone groups is 1. The third-order valence-electron chi connectivity index (χ3n) is 5.45. The molecule has 162 valence electrons. The van der Waals surface area contributed by atoms with Crippen molar-refractivity contribution >= 4 is 33.7 Å². The number of β-lactam (4-membered cyclic amide) rings is 1. The molecule has 0 saturated carbocycles. The van der Waals surface area contributed by atoms with Crippen molar-refractivity contribution in [3.05, 3.63) is 35.2 Å². The number of carbonyl (C=O) groups excluding carboxylic acids is 3. The summed E-state index contributed by atoms with van der Waals surface area (Å²) < 4.78 is 24.0. The SMILES string of the molecule is CC1(C)[C@H](C(=O)[O-])N2C(=O)/C(=C/c3cc(C(=O)NCCCCN)ccn3)[C@H]2S1(=O)=O.[Na+]. The predicted molar refractivity (Wildman–Crippen MR) is 105 cm³/mol. The molecule has 2 atom stereocenters. The third-order valence-corrected chi connectivity index (χ3v) is 8.21. The normalized spacial score (nSPS) is 24.2. The summed E-state index contributed by atoms with van der Waals surface area (Å²) in [6.07, 6.45) is 4.17. The Morgan fingerprint density at radius 3 is 2.65 bits per heavy atom. The van der Waals surface area contributed by atoms with Gasteiger partial charge in [0.1, 0.15) is 0 Å². The van der Waals surface area contributed by atoms with Crippen molar-refractivity contribution < 1.29 is 57.5 Å². The topological polar surface area (TPSA) is 163 Å². The van der Waals surface area contributed by atoms with Crippen LogP contribution >= 0.6 is 0 Å². The molecule has 0 spiro atoms. The van der Waals surface area contributed by atoms with E-state index in [1.165, 1.54) is 38.3 Å². The number of amides is 2. The van der Waals surface area contributed by atoms with Gasteiger partial charge in [-0.3, -0.25) is 14.6 Å². The van der Waals surface area contributed by atoms with Gasteiger partial charge >= 0.3 is 29.6 Å². The largest absolute Gasteiger partial charge is 1.00 e. The van der Waals surface area contributed by atoms with E-state index in [4.69, 9.17) is 5.73 Å². The maximum atomic E-state index is 12.9. The minimum Gasteiger partial charge on any atom is -0.548 e. The van der Waals surface area contributed by atoms with Crippen LogP contribution < -0.4 is 45.7 Å². The summed E-state index contributed by atoms with van der Waals surface area (Å²) >= 11 is 0. The Balaban J connectivity index is 0.00000341. The van der Waals surface area contributed by atoms with Crippen LogP contribution in [0.25, 0.3) is 6.08 Å². The van der Waals surface area contributed by atoms with Crippen LogP contribution in [0.1, 0.15) is 42.7 Å². The second kappa shape index (κ2) is 9.37. The van der Waals surface area contributed by atoms with E-state index >= 15 is 0 Å². The molecule has 3 rings (SSSR count). The van der Waals surface area contributed by atoms with Crippen molar-refractivity contribution in [2.45, 2.75) is 42.9 Å². The number of nitrogens with zero attached hydrogens (tertiary/aromatic N) is 2. The molecule has 3 heterocycles. The van der Waals surface area contributed by atoms with E-state index in [9.17, 15) is 27.9 Å². The van der Waals surface area contributed by atoms with Gasteiger partial charge in [-0.2, -0.15) is 0 Å². The number of carboxylic acids is 1.